The minimum absolute atomic E-state index is 0.000143. The van der Waals surface area contributed by atoms with Crippen LogP contribution in [0.25, 0.3) is 0 Å². The highest BCUT2D eigenvalue weighted by molar-refractivity contribution is 6.40. The topological polar surface area (TPSA) is 121 Å². The number of anilines is 1. The third kappa shape index (κ3) is 4.03. The van der Waals surface area contributed by atoms with Gasteiger partial charge in [0, 0.05) is 11.8 Å². The van der Waals surface area contributed by atoms with Gasteiger partial charge < -0.3 is 14.9 Å². The summed E-state index contributed by atoms with van der Waals surface area (Å²) in [6, 6.07) is 7.41. The van der Waals surface area contributed by atoms with Crippen LogP contribution in [0, 0.1) is 0 Å². The van der Waals surface area contributed by atoms with Crippen molar-refractivity contribution in [2.24, 2.45) is 5.10 Å². The zero-order valence-corrected chi connectivity index (χ0v) is 16.2. The Morgan fingerprint density at radius 3 is 2.54 bits per heavy atom. The molecule has 0 fully saturated rings. The van der Waals surface area contributed by atoms with Crippen LogP contribution in [0.3, 0.4) is 0 Å². The summed E-state index contributed by atoms with van der Waals surface area (Å²) in [4.78, 5) is 28.6. The van der Waals surface area contributed by atoms with E-state index in [1.165, 1.54) is 5.01 Å². The van der Waals surface area contributed by atoms with Gasteiger partial charge in [-0.2, -0.15) is 10.1 Å². The van der Waals surface area contributed by atoms with Crippen molar-refractivity contribution in [3.8, 4) is 0 Å². The molecule has 9 heteroatoms. The molecular formula is C19H23N5O4. The second-order valence-corrected chi connectivity index (χ2v) is 7.69. The predicted molar refractivity (Wildman–Crippen MR) is 102 cm³/mol. The Bertz CT molecular complexity index is 901. The molecule has 0 saturated heterocycles. The summed E-state index contributed by atoms with van der Waals surface area (Å²) in [5, 5.41) is 21.8. The molecule has 2 heterocycles. The number of rotatable bonds is 5. The maximum atomic E-state index is 12.6. The van der Waals surface area contributed by atoms with Gasteiger partial charge >= 0.3 is 5.97 Å². The number of benzene rings is 1. The number of carboxylic acids is 1. The molecule has 148 valence electrons. The lowest BCUT2D eigenvalue weighted by Gasteiger charge is -2.19. The molecule has 2 aromatic rings. The number of para-hydroxylation sites is 1. The first kappa shape index (κ1) is 19.5. The van der Waals surface area contributed by atoms with E-state index in [2.05, 4.69) is 20.6 Å². The molecule has 1 aromatic carbocycles. The third-order valence-electron chi connectivity index (χ3n) is 4.31. The van der Waals surface area contributed by atoms with Crippen molar-refractivity contribution in [1.82, 2.24) is 15.5 Å². The fourth-order valence-corrected chi connectivity index (χ4v) is 2.72. The average molecular weight is 385 g/mol. The van der Waals surface area contributed by atoms with Gasteiger partial charge in [0.25, 0.3) is 5.91 Å². The van der Waals surface area contributed by atoms with Crippen molar-refractivity contribution < 1.29 is 19.2 Å². The van der Waals surface area contributed by atoms with E-state index in [0.29, 0.717) is 11.5 Å². The minimum Gasteiger partial charge on any atom is -0.480 e. The SMILES string of the molecule is CC(NC(=O)C1=NN(c2ccccc2)C(C(=O)O)C1)c1nc(C(C)(C)C)no1. The van der Waals surface area contributed by atoms with E-state index in [4.69, 9.17) is 4.52 Å². The van der Waals surface area contributed by atoms with Crippen molar-refractivity contribution in [1.29, 1.82) is 0 Å². The molecule has 0 radical (unpaired) electrons. The Balaban J connectivity index is 1.75. The van der Waals surface area contributed by atoms with Crippen molar-refractivity contribution in [3.05, 3.63) is 42.0 Å². The first-order valence-electron chi connectivity index (χ1n) is 8.96. The number of hydrogen-bond donors (Lipinski definition) is 2. The van der Waals surface area contributed by atoms with Gasteiger partial charge in [0.1, 0.15) is 11.8 Å². The van der Waals surface area contributed by atoms with Crippen molar-refractivity contribution >= 4 is 23.3 Å². The number of nitrogens with zero attached hydrogens (tertiary/aromatic N) is 4. The number of carbonyl (C=O) groups is 2. The second kappa shape index (κ2) is 7.41. The minimum atomic E-state index is -1.05. The fraction of sp³-hybridized carbons (Fsp3) is 0.421. The van der Waals surface area contributed by atoms with E-state index in [1.807, 2.05) is 26.8 Å². The van der Waals surface area contributed by atoms with Gasteiger partial charge in [-0.25, -0.2) is 4.79 Å². The summed E-state index contributed by atoms with van der Waals surface area (Å²) >= 11 is 0. The van der Waals surface area contributed by atoms with Crippen LogP contribution in [0.2, 0.25) is 0 Å². The molecule has 2 N–H and O–H groups in total. The summed E-state index contributed by atoms with van der Waals surface area (Å²) in [7, 11) is 0. The van der Waals surface area contributed by atoms with Gasteiger partial charge in [0.05, 0.1) is 5.69 Å². The summed E-state index contributed by atoms with van der Waals surface area (Å²) in [6.07, 6.45) is -0.000143. The highest BCUT2D eigenvalue weighted by Gasteiger charge is 2.36. The largest absolute Gasteiger partial charge is 0.480 e. The van der Waals surface area contributed by atoms with Crippen molar-refractivity contribution in [2.45, 2.75) is 51.6 Å². The third-order valence-corrected chi connectivity index (χ3v) is 4.31. The van der Waals surface area contributed by atoms with Gasteiger partial charge in [-0.1, -0.05) is 44.1 Å². The van der Waals surface area contributed by atoms with Crippen LogP contribution in [0.4, 0.5) is 5.69 Å². The van der Waals surface area contributed by atoms with E-state index < -0.39 is 24.0 Å². The lowest BCUT2D eigenvalue weighted by atomic mass is 9.96. The van der Waals surface area contributed by atoms with E-state index in [-0.39, 0.29) is 23.4 Å². The fourth-order valence-electron chi connectivity index (χ4n) is 2.72. The molecule has 3 rings (SSSR count). The van der Waals surface area contributed by atoms with Crippen LogP contribution in [-0.2, 0) is 15.0 Å². The maximum absolute atomic E-state index is 12.6. The van der Waals surface area contributed by atoms with E-state index in [0.717, 1.165) is 0 Å². The number of carbonyl (C=O) groups excluding carboxylic acids is 1. The number of hydrogen-bond acceptors (Lipinski definition) is 7. The van der Waals surface area contributed by atoms with E-state index in [1.54, 1.807) is 31.2 Å². The number of nitrogens with one attached hydrogen (secondary N) is 1. The van der Waals surface area contributed by atoms with Crippen LogP contribution in [0.15, 0.2) is 40.0 Å². The Morgan fingerprint density at radius 2 is 1.96 bits per heavy atom. The van der Waals surface area contributed by atoms with Crippen molar-refractivity contribution in [2.75, 3.05) is 5.01 Å². The molecule has 1 aliphatic rings. The number of carboxylic acid groups (broad SMARTS) is 1. The summed E-state index contributed by atoms with van der Waals surface area (Å²) in [6.45, 7) is 7.60. The second-order valence-electron chi connectivity index (χ2n) is 7.69. The molecule has 1 aromatic heterocycles. The van der Waals surface area contributed by atoms with Crippen LogP contribution in [0.5, 0.6) is 0 Å². The van der Waals surface area contributed by atoms with Gasteiger partial charge in [0.15, 0.2) is 11.9 Å². The first-order chi connectivity index (χ1) is 13.2. The molecule has 28 heavy (non-hydrogen) atoms. The van der Waals surface area contributed by atoms with Crippen molar-refractivity contribution in [3.63, 3.8) is 0 Å². The van der Waals surface area contributed by atoms with Crippen LogP contribution < -0.4 is 10.3 Å². The number of amides is 1. The monoisotopic (exact) mass is 385 g/mol. The Kier molecular flexibility index (Phi) is 5.17. The predicted octanol–water partition coefficient (Wildman–Crippen LogP) is 2.26. The average Bonchev–Trinajstić information content (AvgIpc) is 3.30. The molecule has 1 amide bonds. The van der Waals surface area contributed by atoms with Gasteiger partial charge in [-0.3, -0.25) is 9.80 Å². The Labute approximate surface area is 162 Å². The summed E-state index contributed by atoms with van der Waals surface area (Å²) in [5.74, 6) is -0.683. The number of hydrazone groups is 1. The molecule has 0 aliphatic carbocycles. The molecule has 2 atom stereocenters. The quantitative estimate of drug-likeness (QED) is 0.810. The molecule has 9 nitrogen and oxygen atoms in total. The van der Waals surface area contributed by atoms with Crippen LogP contribution in [0.1, 0.15) is 51.9 Å². The molecule has 0 spiro atoms. The number of aromatic nitrogens is 2. The van der Waals surface area contributed by atoms with Gasteiger partial charge in [-0.05, 0) is 19.1 Å². The summed E-state index contributed by atoms with van der Waals surface area (Å²) < 4.78 is 5.25. The molecule has 0 bridgehead atoms. The molecule has 2 unspecified atom stereocenters. The maximum Gasteiger partial charge on any atom is 0.328 e. The standard InChI is InChI=1S/C19H23N5O4/c1-11(16-21-18(23-28-16)19(2,3)4)20-15(25)13-10-14(17(26)27)24(22-13)12-8-6-5-7-9-12/h5-9,11,14H,10H2,1-4H3,(H,20,25)(H,26,27). The van der Waals surface area contributed by atoms with Crippen LogP contribution >= 0.6 is 0 Å². The van der Waals surface area contributed by atoms with E-state index >= 15 is 0 Å². The molecule has 1 aliphatic heterocycles. The Hall–Kier alpha value is -3.23. The normalized spacial score (nSPS) is 17.9. The lowest BCUT2D eigenvalue weighted by molar-refractivity contribution is -0.138. The summed E-state index contributed by atoms with van der Waals surface area (Å²) in [5.41, 5.74) is 0.475. The Morgan fingerprint density at radius 1 is 1.29 bits per heavy atom. The zero-order valence-electron chi connectivity index (χ0n) is 16.2. The first-order valence-corrected chi connectivity index (χ1v) is 8.96. The molecular weight excluding hydrogens is 362 g/mol. The smallest absolute Gasteiger partial charge is 0.328 e. The highest BCUT2D eigenvalue weighted by Crippen LogP contribution is 2.25. The highest BCUT2D eigenvalue weighted by atomic mass is 16.5. The molecule has 0 saturated carbocycles. The van der Waals surface area contributed by atoms with Gasteiger partial charge in [-0.15, -0.1) is 0 Å². The van der Waals surface area contributed by atoms with Crippen LogP contribution in [-0.4, -0.2) is 38.9 Å². The zero-order chi connectivity index (χ0) is 20.5. The number of aliphatic carboxylic acids is 1. The lowest BCUT2D eigenvalue weighted by Crippen LogP contribution is -2.36. The van der Waals surface area contributed by atoms with Gasteiger partial charge in [0.2, 0.25) is 5.89 Å². The van der Waals surface area contributed by atoms with E-state index in [9.17, 15) is 14.7 Å².